The Labute approximate surface area is 192 Å². The quantitative estimate of drug-likeness (QED) is 0.483. The van der Waals surface area contributed by atoms with Gasteiger partial charge in [-0.15, -0.1) is 5.10 Å². The highest BCUT2D eigenvalue weighted by molar-refractivity contribution is 7.90. The zero-order valence-corrected chi connectivity index (χ0v) is 19.3. The Kier molecular flexibility index (Phi) is 5.47. The van der Waals surface area contributed by atoms with E-state index in [0.29, 0.717) is 5.95 Å². The van der Waals surface area contributed by atoms with Crippen LogP contribution in [0.3, 0.4) is 0 Å². The molecule has 3 aromatic heterocycles. The molecular weight excluding hydrogens is 438 g/mol. The van der Waals surface area contributed by atoms with Crippen molar-refractivity contribution in [2.24, 2.45) is 0 Å². The lowest BCUT2D eigenvalue weighted by atomic mass is 10.2. The van der Waals surface area contributed by atoms with Gasteiger partial charge >= 0.3 is 0 Å². The minimum atomic E-state index is -3.24. The Morgan fingerprint density at radius 1 is 0.879 bits per heavy atom. The van der Waals surface area contributed by atoms with Gasteiger partial charge < -0.3 is 15.1 Å². The molecule has 0 unspecified atom stereocenters. The Bertz CT molecular complexity index is 1370. The van der Waals surface area contributed by atoms with Crippen molar-refractivity contribution in [1.82, 2.24) is 24.5 Å². The van der Waals surface area contributed by atoms with Crippen LogP contribution in [0.5, 0.6) is 0 Å². The summed E-state index contributed by atoms with van der Waals surface area (Å²) in [7, 11) is -1.10. The van der Waals surface area contributed by atoms with E-state index in [4.69, 9.17) is 0 Å². The fourth-order valence-electron chi connectivity index (χ4n) is 3.86. The Morgan fingerprint density at radius 2 is 1.64 bits per heavy atom. The van der Waals surface area contributed by atoms with E-state index in [1.54, 1.807) is 41.2 Å². The van der Waals surface area contributed by atoms with E-state index in [0.717, 1.165) is 54.5 Å². The van der Waals surface area contributed by atoms with Crippen LogP contribution in [0.2, 0.25) is 0 Å². The molecule has 5 rings (SSSR count). The lowest BCUT2D eigenvalue weighted by molar-refractivity contribution is 0.312. The normalized spacial score (nSPS) is 15.2. The number of nitrogens with one attached hydrogen (secondary N) is 1. The Hall–Kier alpha value is -3.50. The second-order valence-electron chi connectivity index (χ2n) is 8.25. The number of hydrogen-bond acceptors (Lipinski definition) is 8. The monoisotopic (exact) mass is 463 g/mol. The molecule has 0 saturated carbocycles. The van der Waals surface area contributed by atoms with Crippen LogP contribution in [0, 0.1) is 0 Å². The molecule has 33 heavy (non-hydrogen) atoms. The highest BCUT2D eigenvalue weighted by Gasteiger charge is 2.15. The molecule has 170 valence electrons. The summed E-state index contributed by atoms with van der Waals surface area (Å²) < 4.78 is 25.3. The number of anilines is 3. The molecule has 1 aliphatic rings. The van der Waals surface area contributed by atoms with Gasteiger partial charge in [-0.05, 0) is 43.4 Å². The van der Waals surface area contributed by atoms with Crippen LogP contribution < -0.4 is 10.2 Å². The van der Waals surface area contributed by atoms with Crippen molar-refractivity contribution in [3.63, 3.8) is 0 Å². The standard InChI is InChI=1S/C23H25N7O2S/c1-28-11-13-29(14-12-28)22-10-5-18(15-24-22)26-23-25-16-19-6-9-21(30(19)27-23)17-3-7-20(8-4-17)33(2,31)32/h3-10,15-16H,11-14H2,1-2H3,(H,26,27). The first-order valence-corrected chi connectivity index (χ1v) is 12.6. The molecule has 0 radical (unpaired) electrons. The van der Waals surface area contributed by atoms with Crippen molar-refractivity contribution >= 4 is 32.8 Å². The van der Waals surface area contributed by atoms with E-state index >= 15 is 0 Å². The lowest BCUT2D eigenvalue weighted by Gasteiger charge is -2.33. The largest absolute Gasteiger partial charge is 0.354 e. The van der Waals surface area contributed by atoms with Crippen molar-refractivity contribution < 1.29 is 8.42 Å². The molecule has 0 atom stereocenters. The van der Waals surface area contributed by atoms with Gasteiger partial charge in [-0.3, -0.25) is 0 Å². The summed E-state index contributed by atoms with van der Waals surface area (Å²) in [4.78, 5) is 13.9. The van der Waals surface area contributed by atoms with Crippen molar-refractivity contribution in [1.29, 1.82) is 0 Å². The first kappa shape index (κ1) is 21.4. The number of likely N-dealkylation sites (N-methyl/N-ethyl adjacent to an activating group) is 1. The van der Waals surface area contributed by atoms with Crippen LogP contribution in [0.1, 0.15) is 0 Å². The average Bonchev–Trinajstić information content (AvgIpc) is 3.23. The molecule has 1 saturated heterocycles. The number of rotatable bonds is 5. The summed E-state index contributed by atoms with van der Waals surface area (Å²) in [5.41, 5.74) is 3.36. The number of piperazine rings is 1. The molecule has 0 amide bonds. The van der Waals surface area contributed by atoms with Crippen molar-refractivity contribution in [2.45, 2.75) is 4.90 Å². The minimum Gasteiger partial charge on any atom is -0.354 e. The minimum absolute atomic E-state index is 0.289. The topological polar surface area (TPSA) is 95.7 Å². The van der Waals surface area contributed by atoms with Crippen LogP contribution in [0.25, 0.3) is 16.8 Å². The zero-order valence-electron chi connectivity index (χ0n) is 18.5. The Balaban J connectivity index is 1.36. The van der Waals surface area contributed by atoms with Gasteiger partial charge in [0.1, 0.15) is 5.82 Å². The summed E-state index contributed by atoms with van der Waals surface area (Å²) in [6.07, 6.45) is 4.74. The fourth-order valence-corrected chi connectivity index (χ4v) is 4.49. The number of nitrogens with zero attached hydrogens (tertiary/aromatic N) is 6. The molecule has 1 aliphatic heterocycles. The summed E-state index contributed by atoms with van der Waals surface area (Å²) in [6, 6.07) is 14.6. The smallest absolute Gasteiger partial charge is 0.245 e. The van der Waals surface area contributed by atoms with Gasteiger partial charge in [0.15, 0.2) is 9.84 Å². The number of sulfone groups is 1. The highest BCUT2D eigenvalue weighted by atomic mass is 32.2. The van der Waals surface area contributed by atoms with Crippen LogP contribution in [-0.2, 0) is 9.84 Å². The van der Waals surface area contributed by atoms with Gasteiger partial charge in [-0.25, -0.2) is 22.9 Å². The predicted octanol–water partition coefficient (Wildman–Crippen LogP) is 2.69. The van der Waals surface area contributed by atoms with Gasteiger partial charge in [-0.2, -0.15) is 0 Å². The third-order valence-corrected chi connectivity index (χ3v) is 6.94. The molecule has 1 aromatic carbocycles. The maximum atomic E-state index is 11.7. The van der Waals surface area contributed by atoms with Crippen LogP contribution in [0.4, 0.5) is 17.5 Å². The molecular formula is C23H25N7O2S. The molecule has 1 fully saturated rings. The van der Waals surface area contributed by atoms with Gasteiger partial charge in [0.25, 0.3) is 0 Å². The molecule has 4 heterocycles. The molecule has 0 spiro atoms. The Morgan fingerprint density at radius 3 is 2.30 bits per heavy atom. The predicted molar refractivity (Wildman–Crippen MR) is 129 cm³/mol. The third-order valence-electron chi connectivity index (χ3n) is 5.81. The maximum absolute atomic E-state index is 11.7. The highest BCUT2D eigenvalue weighted by Crippen LogP contribution is 2.24. The zero-order chi connectivity index (χ0) is 23.0. The van der Waals surface area contributed by atoms with Gasteiger partial charge in [0.05, 0.1) is 34.2 Å². The van der Waals surface area contributed by atoms with Gasteiger partial charge in [-0.1, -0.05) is 12.1 Å². The number of fused-ring (bicyclic) bond motifs is 1. The van der Waals surface area contributed by atoms with Gasteiger partial charge in [0.2, 0.25) is 5.95 Å². The van der Waals surface area contributed by atoms with E-state index in [1.807, 2.05) is 24.3 Å². The van der Waals surface area contributed by atoms with E-state index in [2.05, 4.69) is 37.2 Å². The van der Waals surface area contributed by atoms with Crippen LogP contribution >= 0.6 is 0 Å². The molecule has 0 bridgehead atoms. The average molecular weight is 464 g/mol. The van der Waals surface area contributed by atoms with E-state index in [9.17, 15) is 8.42 Å². The summed E-state index contributed by atoms with van der Waals surface area (Å²) in [5.74, 6) is 1.41. The second-order valence-corrected chi connectivity index (χ2v) is 10.3. The first-order chi connectivity index (χ1) is 15.9. The number of benzene rings is 1. The fraction of sp³-hybridized carbons (Fsp3) is 0.261. The number of pyridine rings is 1. The van der Waals surface area contributed by atoms with E-state index in [-0.39, 0.29) is 4.90 Å². The van der Waals surface area contributed by atoms with Crippen molar-refractivity contribution in [3.8, 4) is 11.3 Å². The van der Waals surface area contributed by atoms with Crippen LogP contribution in [-0.4, -0.2) is 72.4 Å². The summed E-state index contributed by atoms with van der Waals surface area (Å²) in [6.45, 7) is 4.01. The number of hydrogen-bond donors (Lipinski definition) is 1. The first-order valence-electron chi connectivity index (χ1n) is 10.7. The summed E-state index contributed by atoms with van der Waals surface area (Å²) >= 11 is 0. The van der Waals surface area contributed by atoms with E-state index < -0.39 is 9.84 Å². The van der Waals surface area contributed by atoms with Crippen LogP contribution in [0.15, 0.2) is 65.8 Å². The molecule has 1 N–H and O–H groups in total. The number of aromatic nitrogens is 4. The molecule has 0 aliphatic carbocycles. The molecule has 4 aromatic rings. The lowest BCUT2D eigenvalue weighted by Crippen LogP contribution is -2.44. The summed E-state index contributed by atoms with van der Waals surface area (Å²) in [5, 5.41) is 7.85. The van der Waals surface area contributed by atoms with Crippen molar-refractivity contribution in [3.05, 3.63) is 60.9 Å². The molecule has 9 nitrogen and oxygen atoms in total. The third kappa shape index (κ3) is 4.53. The van der Waals surface area contributed by atoms with Gasteiger partial charge in [0, 0.05) is 38.0 Å². The maximum Gasteiger partial charge on any atom is 0.245 e. The van der Waals surface area contributed by atoms with E-state index in [1.165, 1.54) is 6.26 Å². The van der Waals surface area contributed by atoms with Crippen molar-refractivity contribution in [2.75, 3.05) is 49.7 Å². The second kappa shape index (κ2) is 8.45. The SMILES string of the molecule is CN1CCN(c2ccc(Nc3ncc4ccc(-c5ccc(S(C)(=O)=O)cc5)n4n3)cn2)CC1. The molecule has 10 heteroatoms.